The van der Waals surface area contributed by atoms with Gasteiger partial charge in [-0.15, -0.1) is 0 Å². The van der Waals surface area contributed by atoms with Crippen LogP contribution in [-0.2, 0) is 5.60 Å². The van der Waals surface area contributed by atoms with E-state index in [0.717, 1.165) is 62.9 Å². The number of likely N-dealkylation sites (tertiary alicyclic amines) is 2. The molecule has 0 saturated carbocycles. The topological polar surface area (TPSA) is 48.8 Å². The van der Waals surface area contributed by atoms with Crippen molar-refractivity contribution < 1.29 is 9.84 Å². The molecule has 256 valence electrons. The Morgan fingerprint density at radius 3 is 2.35 bits per heavy atom. The molecule has 0 radical (unpaired) electrons. The Morgan fingerprint density at radius 1 is 0.816 bits per heavy atom. The lowest BCUT2D eigenvalue weighted by atomic mass is 9.71. The molecule has 0 amide bonds. The van der Waals surface area contributed by atoms with Crippen molar-refractivity contribution in [3.05, 3.63) is 118 Å². The number of aliphatic hydroxyl groups is 1. The first-order chi connectivity index (χ1) is 24.0. The van der Waals surface area contributed by atoms with Gasteiger partial charge in [0.15, 0.2) is 0 Å². The average molecular weight is 721 g/mol. The lowest BCUT2D eigenvalue weighted by Gasteiger charge is -2.40. The Labute approximate surface area is 300 Å². The lowest BCUT2D eigenvalue weighted by molar-refractivity contribution is 0.00615. The van der Waals surface area contributed by atoms with Crippen molar-refractivity contribution in [1.29, 1.82) is 0 Å². The Balaban J connectivity index is 1.22. The molecule has 2 fully saturated rings. The predicted octanol–water partition coefficient (Wildman–Crippen LogP) is 9.69. The van der Waals surface area contributed by atoms with Crippen molar-refractivity contribution in [2.75, 3.05) is 39.3 Å². The standard InChI is InChI=1S/C43H50BrN3O2/c1-2-49-42-39(31-35-30-37(44)19-20-40(35)45-42)41(33-14-5-3-6-15-33)43(48,36-18-17-32-13-7-8-16-34(32)29-36)23-9-12-24-46-27-21-38(22-28-46)47-25-10-4-11-26-47/h3,5-8,13-20,29-31,38,41,48H,2,4,9-12,21-28H2,1H3. The van der Waals surface area contributed by atoms with Crippen LogP contribution in [0.3, 0.4) is 0 Å². The van der Waals surface area contributed by atoms with Gasteiger partial charge in [0.05, 0.1) is 12.1 Å². The number of aromatic nitrogens is 1. The van der Waals surface area contributed by atoms with E-state index in [1.165, 1.54) is 63.7 Å². The van der Waals surface area contributed by atoms with Crippen molar-refractivity contribution in [2.24, 2.45) is 0 Å². The molecule has 1 N–H and O–H groups in total. The van der Waals surface area contributed by atoms with Crippen molar-refractivity contribution in [1.82, 2.24) is 14.8 Å². The SMILES string of the molecule is CCOc1nc2ccc(Br)cc2cc1C(c1ccccc1)C(O)(CCCCN1CCC(N2CCCCC2)CC1)c1ccc2ccccc2c1. The molecule has 2 aliphatic heterocycles. The van der Waals surface area contributed by atoms with Crippen LogP contribution in [0.2, 0.25) is 0 Å². The molecular formula is C43H50BrN3O2. The van der Waals surface area contributed by atoms with Gasteiger partial charge in [0.25, 0.3) is 0 Å². The predicted molar refractivity (Wildman–Crippen MR) is 205 cm³/mol. The third-order valence-electron chi connectivity index (χ3n) is 11.0. The molecule has 3 heterocycles. The number of hydrogen-bond donors (Lipinski definition) is 1. The Kier molecular flexibility index (Phi) is 11.0. The van der Waals surface area contributed by atoms with Gasteiger partial charge in [-0.25, -0.2) is 4.98 Å². The molecule has 0 aliphatic carbocycles. The van der Waals surface area contributed by atoms with E-state index >= 15 is 0 Å². The Hall–Kier alpha value is -3.29. The molecule has 49 heavy (non-hydrogen) atoms. The van der Waals surface area contributed by atoms with Gasteiger partial charge < -0.3 is 19.6 Å². The first-order valence-electron chi connectivity index (χ1n) is 18.5. The molecule has 4 aromatic carbocycles. The van der Waals surface area contributed by atoms with Gasteiger partial charge in [-0.3, -0.25) is 0 Å². The molecule has 7 rings (SSSR count). The molecule has 2 saturated heterocycles. The normalized spacial score (nSPS) is 18.4. The molecular weight excluding hydrogens is 670 g/mol. The minimum atomic E-state index is -1.21. The second-order valence-electron chi connectivity index (χ2n) is 14.1. The highest BCUT2D eigenvalue weighted by molar-refractivity contribution is 9.10. The summed E-state index contributed by atoms with van der Waals surface area (Å²) in [6.45, 7) is 8.50. The van der Waals surface area contributed by atoms with Gasteiger partial charge in [-0.05, 0) is 137 Å². The second-order valence-corrected chi connectivity index (χ2v) is 15.0. The molecule has 5 aromatic rings. The number of ether oxygens (including phenoxy) is 1. The molecule has 0 spiro atoms. The van der Waals surface area contributed by atoms with Gasteiger partial charge in [-0.1, -0.05) is 89.1 Å². The highest BCUT2D eigenvalue weighted by Crippen LogP contribution is 2.48. The number of fused-ring (bicyclic) bond motifs is 2. The summed E-state index contributed by atoms with van der Waals surface area (Å²) in [5.41, 5.74) is 2.56. The molecule has 6 heteroatoms. The van der Waals surface area contributed by atoms with Crippen LogP contribution in [0.4, 0.5) is 0 Å². The van der Waals surface area contributed by atoms with Gasteiger partial charge in [-0.2, -0.15) is 0 Å². The van der Waals surface area contributed by atoms with E-state index in [2.05, 4.69) is 105 Å². The number of halogens is 1. The van der Waals surface area contributed by atoms with Crippen LogP contribution in [0.15, 0.2) is 102 Å². The minimum absolute atomic E-state index is 0.396. The maximum absolute atomic E-state index is 13.4. The number of unbranched alkanes of at least 4 members (excludes halogenated alkanes) is 1. The van der Waals surface area contributed by atoms with E-state index in [0.29, 0.717) is 18.9 Å². The van der Waals surface area contributed by atoms with E-state index in [9.17, 15) is 5.11 Å². The summed E-state index contributed by atoms with van der Waals surface area (Å²) in [6.07, 6.45) is 9.27. The van der Waals surface area contributed by atoms with Crippen molar-refractivity contribution >= 4 is 37.6 Å². The first kappa shape index (κ1) is 34.2. The lowest BCUT2D eigenvalue weighted by Crippen LogP contribution is -2.46. The van der Waals surface area contributed by atoms with E-state index in [-0.39, 0.29) is 0 Å². The zero-order chi connectivity index (χ0) is 33.6. The highest BCUT2D eigenvalue weighted by Gasteiger charge is 2.42. The van der Waals surface area contributed by atoms with Crippen LogP contribution in [0.5, 0.6) is 5.88 Å². The Bertz CT molecular complexity index is 1830. The molecule has 2 unspecified atom stereocenters. The average Bonchev–Trinajstić information content (AvgIpc) is 3.15. The summed E-state index contributed by atoms with van der Waals surface area (Å²) in [5.74, 6) is 0.189. The summed E-state index contributed by atoms with van der Waals surface area (Å²) < 4.78 is 7.29. The fraction of sp³-hybridized carbons (Fsp3) is 0.419. The third kappa shape index (κ3) is 7.73. The molecule has 2 atom stereocenters. The molecule has 1 aromatic heterocycles. The molecule has 0 bridgehead atoms. The van der Waals surface area contributed by atoms with Crippen LogP contribution in [-0.4, -0.2) is 65.3 Å². The number of hydrogen-bond acceptors (Lipinski definition) is 5. The summed E-state index contributed by atoms with van der Waals surface area (Å²) in [4.78, 5) is 10.5. The largest absolute Gasteiger partial charge is 0.478 e. The van der Waals surface area contributed by atoms with Crippen molar-refractivity contribution in [3.63, 3.8) is 0 Å². The Morgan fingerprint density at radius 2 is 1.57 bits per heavy atom. The van der Waals surface area contributed by atoms with E-state index in [4.69, 9.17) is 9.72 Å². The number of pyridine rings is 1. The van der Waals surface area contributed by atoms with Gasteiger partial charge >= 0.3 is 0 Å². The van der Waals surface area contributed by atoms with Crippen LogP contribution >= 0.6 is 15.9 Å². The number of benzene rings is 4. The van der Waals surface area contributed by atoms with Crippen LogP contribution in [0, 0.1) is 0 Å². The smallest absolute Gasteiger partial charge is 0.217 e. The minimum Gasteiger partial charge on any atom is -0.478 e. The van der Waals surface area contributed by atoms with E-state index < -0.39 is 11.5 Å². The molecule has 5 nitrogen and oxygen atoms in total. The van der Waals surface area contributed by atoms with E-state index in [1.807, 2.05) is 25.1 Å². The van der Waals surface area contributed by atoms with Gasteiger partial charge in [0, 0.05) is 27.4 Å². The number of piperidine rings is 2. The summed E-state index contributed by atoms with van der Waals surface area (Å²) in [7, 11) is 0. The van der Waals surface area contributed by atoms with Gasteiger partial charge in [0.2, 0.25) is 5.88 Å². The third-order valence-corrected chi connectivity index (χ3v) is 11.5. The maximum atomic E-state index is 13.4. The maximum Gasteiger partial charge on any atom is 0.217 e. The monoisotopic (exact) mass is 719 g/mol. The first-order valence-corrected chi connectivity index (χ1v) is 19.3. The molecule has 2 aliphatic rings. The van der Waals surface area contributed by atoms with E-state index in [1.54, 1.807) is 0 Å². The fourth-order valence-electron chi connectivity index (χ4n) is 8.40. The summed E-state index contributed by atoms with van der Waals surface area (Å²) >= 11 is 3.67. The van der Waals surface area contributed by atoms with Crippen molar-refractivity contribution in [3.8, 4) is 5.88 Å². The zero-order valence-corrected chi connectivity index (χ0v) is 30.5. The fourth-order valence-corrected chi connectivity index (χ4v) is 8.78. The number of rotatable bonds is 12. The number of nitrogens with zero attached hydrogens (tertiary/aromatic N) is 3. The van der Waals surface area contributed by atoms with Crippen LogP contribution in [0.25, 0.3) is 21.7 Å². The zero-order valence-electron chi connectivity index (χ0n) is 28.9. The van der Waals surface area contributed by atoms with Crippen LogP contribution in [0.1, 0.15) is 80.9 Å². The summed E-state index contributed by atoms with van der Waals surface area (Å²) in [5, 5.41) is 16.8. The van der Waals surface area contributed by atoms with Crippen molar-refractivity contribution in [2.45, 2.75) is 75.9 Å². The quantitative estimate of drug-likeness (QED) is 0.130. The van der Waals surface area contributed by atoms with Gasteiger partial charge in [0.1, 0.15) is 5.60 Å². The highest BCUT2D eigenvalue weighted by atomic mass is 79.9. The summed E-state index contributed by atoms with van der Waals surface area (Å²) in [6, 6.07) is 34.5. The second kappa shape index (κ2) is 15.7. The van der Waals surface area contributed by atoms with Crippen LogP contribution < -0.4 is 4.74 Å².